The van der Waals surface area contributed by atoms with E-state index < -0.39 is 0 Å². The molecule has 1 saturated carbocycles. The fraction of sp³-hybridized carbons (Fsp3) is 0.857. The first kappa shape index (κ1) is 15.8. The molecule has 2 N–H and O–H groups in total. The van der Waals surface area contributed by atoms with Crippen LogP contribution < -0.4 is 10.6 Å². The van der Waals surface area contributed by atoms with E-state index in [1.54, 1.807) is 19.0 Å². The maximum absolute atomic E-state index is 11.5. The molecule has 5 nitrogen and oxygen atoms in total. The van der Waals surface area contributed by atoms with E-state index in [1.807, 2.05) is 6.92 Å². The summed E-state index contributed by atoms with van der Waals surface area (Å²) in [6.07, 6.45) is 5.20. The van der Waals surface area contributed by atoms with E-state index in [4.69, 9.17) is 0 Å². The highest BCUT2D eigenvalue weighted by atomic mass is 16.2. The summed E-state index contributed by atoms with van der Waals surface area (Å²) in [5, 5.41) is 6.55. The van der Waals surface area contributed by atoms with Gasteiger partial charge < -0.3 is 15.5 Å². The molecule has 0 aromatic heterocycles. The first-order valence-corrected chi connectivity index (χ1v) is 7.19. The largest absolute Gasteiger partial charge is 0.357 e. The van der Waals surface area contributed by atoms with E-state index in [0.29, 0.717) is 5.41 Å². The molecule has 0 unspecified atom stereocenters. The molecule has 1 aliphatic rings. The molecule has 0 aromatic rings. The maximum Gasteiger partial charge on any atom is 0.243 e. The van der Waals surface area contributed by atoms with E-state index in [0.717, 1.165) is 19.0 Å². The molecule has 1 rings (SSSR count). The Bertz CT molecular complexity index is 319. The quantitative estimate of drug-likeness (QED) is 0.582. The Hall–Kier alpha value is -1.26. The van der Waals surface area contributed by atoms with E-state index in [9.17, 15) is 4.79 Å². The second kappa shape index (κ2) is 7.36. The monoisotopic (exact) mass is 268 g/mol. The van der Waals surface area contributed by atoms with Gasteiger partial charge in [0.1, 0.15) is 6.54 Å². The van der Waals surface area contributed by atoms with Crippen molar-refractivity contribution in [3.8, 4) is 0 Å². The summed E-state index contributed by atoms with van der Waals surface area (Å²) >= 11 is 0. The molecule has 0 atom stereocenters. The van der Waals surface area contributed by atoms with Crippen LogP contribution in [-0.4, -0.2) is 50.5 Å². The van der Waals surface area contributed by atoms with Crippen LogP contribution in [0.15, 0.2) is 4.99 Å². The average molecular weight is 268 g/mol. The molecule has 1 aliphatic carbocycles. The zero-order chi connectivity index (χ0) is 14.3. The Kier molecular flexibility index (Phi) is 6.12. The highest BCUT2D eigenvalue weighted by molar-refractivity contribution is 5.84. The van der Waals surface area contributed by atoms with Crippen LogP contribution in [0.3, 0.4) is 0 Å². The Morgan fingerprint density at radius 3 is 2.42 bits per heavy atom. The first-order chi connectivity index (χ1) is 8.97. The van der Waals surface area contributed by atoms with Crippen molar-refractivity contribution in [3.63, 3.8) is 0 Å². The molecule has 0 aromatic carbocycles. The van der Waals surface area contributed by atoms with Crippen LogP contribution >= 0.6 is 0 Å². The SMILES string of the molecule is CCNC(=NCC(=O)N(C)C)NCC1(C)CCCC1. The first-order valence-electron chi connectivity index (χ1n) is 7.19. The molecule has 0 heterocycles. The normalized spacial score (nSPS) is 18.2. The van der Waals surface area contributed by atoms with Gasteiger partial charge in [0.15, 0.2) is 5.96 Å². The summed E-state index contributed by atoms with van der Waals surface area (Å²) in [4.78, 5) is 17.4. The van der Waals surface area contributed by atoms with Gasteiger partial charge in [-0.1, -0.05) is 19.8 Å². The number of rotatable bonds is 5. The predicted octanol–water partition coefficient (Wildman–Crippen LogP) is 1.21. The van der Waals surface area contributed by atoms with Crippen molar-refractivity contribution in [2.75, 3.05) is 33.7 Å². The van der Waals surface area contributed by atoms with E-state index in [-0.39, 0.29) is 12.5 Å². The predicted molar refractivity (Wildman–Crippen MR) is 79.3 cm³/mol. The highest BCUT2D eigenvalue weighted by Crippen LogP contribution is 2.36. The second-order valence-corrected chi connectivity index (χ2v) is 5.85. The Labute approximate surface area is 116 Å². The van der Waals surface area contributed by atoms with Gasteiger partial charge in [0.2, 0.25) is 5.91 Å². The summed E-state index contributed by atoms with van der Waals surface area (Å²) in [5.74, 6) is 0.759. The molecule has 19 heavy (non-hydrogen) atoms. The van der Waals surface area contributed by atoms with Crippen LogP contribution in [0.4, 0.5) is 0 Å². The average Bonchev–Trinajstić information content (AvgIpc) is 2.79. The Morgan fingerprint density at radius 1 is 1.26 bits per heavy atom. The number of nitrogens with zero attached hydrogens (tertiary/aromatic N) is 2. The van der Waals surface area contributed by atoms with Gasteiger partial charge in [-0.3, -0.25) is 4.79 Å². The number of hydrogen-bond donors (Lipinski definition) is 2. The lowest BCUT2D eigenvalue weighted by Crippen LogP contribution is -2.42. The number of amides is 1. The molecular weight excluding hydrogens is 240 g/mol. The lowest BCUT2D eigenvalue weighted by atomic mass is 9.89. The van der Waals surface area contributed by atoms with Crippen molar-refractivity contribution < 1.29 is 4.79 Å². The molecule has 110 valence electrons. The van der Waals surface area contributed by atoms with Gasteiger partial charge in [0.25, 0.3) is 0 Å². The maximum atomic E-state index is 11.5. The highest BCUT2D eigenvalue weighted by Gasteiger charge is 2.28. The minimum atomic E-state index is 0.0179. The summed E-state index contributed by atoms with van der Waals surface area (Å²) in [6.45, 7) is 6.27. The van der Waals surface area contributed by atoms with Gasteiger partial charge in [-0.25, -0.2) is 4.99 Å². The third-order valence-corrected chi connectivity index (χ3v) is 3.71. The van der Waals surface area contributed by atoms with Crippen molar-refractivity contribution in [1.29, 1.82) is 0 Å². The van der Waals surface area contributed by atoms with Crippen molar-refractivity contribution in [2.24, 2.45) is 10.4 Å². The van der Waals surface area contributed by atoms with Gasteiger partial charge in [-0.2, -0.15) is 0 Å². The van der Waals surface area contributed by atoms with Crippen molar-refractivity contribution in [2.45, 2.75) is 39.5 Å². The summed E-state index contributed by atoms with van der Waals surface area (Å²) < 4.78 is 0. The number of guanidine groups is 1. The molecule has 0 aliphatic heterocycles. The fourth-order valence-electron chi connectivity index (χ4n) is 2.33. The zero-order valence-corrected chi connectivity index (χ0v) is 12.8. The van der Waals surface area contributed by atoms with Crippen LogP contribution in [0.2, 0.25) is 0 Å². The summed E-state index contributed by atoms with van der Waals surface area (Å²) in [7, 11) is 3.50. The van der Waals surface area contributed by atoms with E-state index in [2.05, 4.69) is 22.5 Å². The number of carbonyl (C=O) groups excluding carboxylic acids is 1. The fourth-order valence-corrected chi connectivity index (χ4v) is 2.33. The van der Waals surface area contributed by atoms with E-state index in [1.165, 1.54) is 25.7 Å². The Morgan fingerprint density at radius 2 is 1.89 bits per heavy atom. The second-order valence-electron chi connectivity index (χ2n) is 5.85. The molecule has 1 amide bonds. The van der Waals surface area contributed by atoms with Crippen molar-refractivity contribution in [1.82, 2.24) is 15.5 Å². The van der Waals surface area contributed by atoms with Crippen LogP contribution in [0, 0.1) is 5.41 Å². The van der Waals surface area contributed by atoms with Gasteiger partial charge in [0.05, 0.1) is 0 Å². The third-order valence-electron chi connectivity index (χ3n) is 3.71. The van der Waals surface area contributed by atoms with Gasteiger partial charge in [-0.05, 0) is 25.2 Å². The Balaban J connectivity index is 2.47. The van der Waals surface area contributed by atoms with Crippen LogP contribution in [-0.2, 0) is 4.79 Å². The molecule has 0 bridgehead atoms. The van der Waals surface area contributed by atoms with Gasteiger partial charge in [-0.15, -0.1) is 0 Å². The number of aliphatic imine (C=N–C) groups is 1. The lowest BCUT2D eigenvalue weighted by Gasteiger charge is -2.25. The number of likely N-dealkylation sites (N-methyl/N-ethyl adjacent to an activating group) is 1. The van der Waals surface area contributed by atoms with Gasteiger partial charge in [0, 0.05) is 27.2 Å². The lowest BCUT2D eigenvalue weighted by molar-refractivity contribution is -0.127. The van der Waals surface area contributed by atoms with Crippen LogP contribution in [0.5, 0.6) is 0 Å². The minimum absolute atomic E-state index is 0.0179. The smallest absolute Gasteiger partial charge is 0.243 e. The number of nitrogens with one attached hydrogen (secondary N) is 2. The standard InChI is InChI=1S/C14H28N4O/c1-5-15-13(16-10-12(19)18(3)4)17-11-14(2)8-6-7-9-14/h5-11H2,1-4H3,(H2,15,16,17). The number of hydrogen-bond acceptors (Lipinski definition) is 2. The molecule has 0 radical (unpaired) electrons. The summed E-state index contributed by atoms with van der Waals surface area (Å²) in [5.41, 5.74) is 0.377. The topological polar surface area (TPSA) is 56.7 Å². The summed E-state index contributed by atoms with van der Waals surface area (Å²) in [6, 6.07) is 0. The molecular formula is C14H28N4O. The van der Waals surface area contributed by atoms with Crippen LogP contribution in [0.25, 0.3) is 0 Å². The van der Waals surface area contributed by atoms with Crippen molar-refractivity contribution >= 4 is 11.9 Å². The number of carbonyl (C=O) groups is 1. The minimum Gasteiger partial charge on any atom is -0.357 e. The molecule has 0 saturated heterocycles. The zero-order valence-electron chi connectivity index (χ0n) is 12.8. The van der Waals surface area contributed by atoms with Gasteiger partial charge >= 0.3 is 0 Å². The molecule has 5 heteroatoms. The molecule has 1 fully saturated rings. The van der Waals surface area contributed by atoms with Crippen LogP contribution in [0.1, 0.15) is 39.5 Å². The third kappa shape index (κ3) is 5.49. The van der Waals surface area contributed by atoms with E-state index >= 15 is 0 Å². The van der Waals surface area contributed by atoms with Crippen molar-refractivity contribution in [3.05, 3.63) is 0 Å². The molecule has 0 spiro atoms.